The van der Waals surface area contributed by atoms with E-state index in [1.54, 1.807) is 18.4 Å². The molecule has 0 radical (unpaired) electrons. The number of hydrazine groups is 1. The summed E-state index contributed by atoms with van der Waals surface area (Å²) in [7, 11) is 1.75. The van der Waals surface area contributed by atoms with Crippen molar-refractivity contribution in [3.05, 3.63) is 21.9 Å². The Balaban J connectivity index is 2.60. The fourth-order valence-corrected chi connectivity index (χ4v) is 2.55. The summed E-state index contributed by atoms with van der Waals surface area (Å²) < 4.78 is 5.41. The molecule has 0 aromatic carbocycles. The summed E-state index contributed by atoms with van der Waals surface area (Å²) in [6, 6.07) is 0.223. The van der Waals surface area contributed by atoms with Gasteiger partial charge in [0.2, 0.25) is 0 Å². The largest absolute Gasteiger partial charge is 0.379 e. The molecule has 0 amide bonds. The van der Waals surface area contributed by atoms with Crippen molar-refractivity contribution in [1.29, 1.82) is 0 Å². The van der Waals surface area contributed by atoms with E-state index in [1.807, 2.05) is 0 Å². The Morgan fingerprint density at radius 1 is 1.50 bits per heavy atom. The van der Waals surface area contributed by atoms with Gasteiger partial charge in [0.1, 0.15) is 0 Å². The summed E-state index contributed by atoms with van der Waals surface area (Å²) in [5.74, 6) is 5.62. The minimum absolute atomic E-state index is 0.0843. The molecule has 0 aliphatic rings. The van der Waals surface area contributed by atoms with E-state index in [2.05, 4.69) is 37.0 Å². The highest BCUT2D eigenvalue weighted by Crippen LogP contribution is 2.27. The van der Waals surface area contributed by atoms with Crippen LogP contribution in [0.25, 0.3) is 0 Å². The molecule has 0 saturated carbocycles. The van der Waals surface area contributed by atoms with Crippen LogP contribution in [0.3, 0.4) is 0 Å². The first kappa shape index (κ1) is 13.6. The zero-order valence-electron chi connectivity index (χ0n) is 10.5. The summed E-state index contributed by atoms with van der Waals surface area (Å²) in [6.45, 7) is 6.32. The van der Waals surface area contributed by atoms with Gasteiger partial charge in [-0.3, -0.25) is 11.3 Å². The highest BCUT2D eigenvalue weighted by atomic mass is 32.1. The quantitative estimate of drug-likeness (QED) is 0.595. The van der Waals surface area contributed by atoms with Crippen molar-refractivity contribution in [2.24, 2.45) is 5.84 Å². The smallest absolute Gasteiger partial charge is 0.0623 e. The minimum atomic E-state index is -0.0843. The normalized spacial score (nSPS) is 14.1. The SMILES string of the molecule is COC(C)(C)CCC(NN)c1cscc1C. The number of nitrogens with one attached hydrogen (secondary N) is 1. The van der Waals surface area contributed by atoms with E-state index in [4.69, 9.17) is 10.6 Å². The summed E-state index contributed by atoms with van der Waals surface area (Å²) in [4.78, 5) is 0. The molecule has 1 rings (SSSR count). The Hall–Kier alpha value is -0.420. The van der Waals surface area contributed by atoms with Gasteiger partial charge >= 0.3 is 0 Å². The van der Waals surface area contributed by atoms with Crippen LogP contribution in [-0.2, 0) is 4.74 Å². The van der Waals surface area contributed by atoms with Crippen molar-refractivity contribution >= 4 is 11.3 Å². The fourth-order valence-electron chi connectivity index (χ4n) is 1.65. The van der Waals surface area contributed by atoms with Crippen LogP contribution in [0.4, 0.5) is 0 Å². The van der Waals surface area contributed by atoms with Crippen molar-refractivity contribution < 1.29 is 4.74 Å². The molecular weight excluding hydrogens is 220 g/mol. The lowest BCUT2D eigenvalue weighted by molar-refractivity contribution is 0.0117. The van der Waals surface area contributed by atoms with E-state index in [0.29, 0.717) is 0 Å². The maximum absolute atomic E-state index is 5.62. The van der Waals surface area contributed by atoms with Crippen molar-refractivity contribution in [1.82, 2.24) is 5.43 Å². The number of hydrogen-bond acceptors (Lipinski definition) is 4. The molecule has 0 aliphatic carbocycles. The molecule has 0 fully saturated rings. The van der Waals surface area contributed by atoms with Gasteiger partial charge in [-0.15, -0.1) is 0 Å². The van der Waals surface area contributed by atoms with Crippen molar-refractivity contribution in [3.63, 3.8) is 0 Å². The molecule has 0 bridgehead atoms. The van der Waals surface area contributed by atoms with Gasteiger partial charge in [-0.05, 0) is 55.5 Å². The van der Waals surface area contributed by atoms with Crippen LogP contribution < -0.4 is 11.3 Å². The fraction of sp³-hybridized carbons (Fsp3) is 0.667. The minimum Gasteiger partial charge on any atom is -0.379 e. The molecule has 92 valence electrons. The number of aryl methyl sites for hydroxylation is 1. The molecule has 3 nitrogen and oxygen atoms in total. The third-order valence-corrected chi connectivity index (χ3v) is 3.94. The molecule has 3 N–H and O–H groups in total. The summed E-state index contributed by atoms with van der Waals surface area (Å²) in [5, 5.41) is 4.32. The van der Waals surface area contributed by atoms with E-state index in [0.717, 1.165) is 12.8 Å². The van der Waals surface area contributed by atoms with Gasteiger partial charge in [0, 0.05) is 13.2 Å². The average molecular weight is 242 g/mol. The molecule has 0 spiro atoms. The van der Waals surface area contributed by atoms with Gasteiger partial charge in [-0.2, -0.15) is 11.3 Å². The zero-order valence-corrected chi connectivity index (χ0v) is 11.4. The van der Waals surface area contributed by atoms with Gasteiger partial charge in [-0.1, -0.05) is 0 Å². The number of thiophene rings is 1. The maximum atomic E-state index is 5.62. The van der Waals surface area contributed by atoms with Crippen LogP contribution in [0.1, 0.15) is 43.9 Å². The van der Waals surface area contributed by atoms with E-state index < -0.39 is 0 Å². The number of methoxy groups -OCH3 is 1. The molecule has 4 heteroatoms. The second-order valence-electron chi connectivity index (χ2n) is 4.73. The second kappa shape index (κ2) is 5.77. The average Bonchev–Trinajstić information content (AvgIpc) is 2.66. The van der Waals surface area contributed by atoms with Crippen LogP contribution >= 0.6 is 11.3 Å². The Labute approximate surface area is 102 Å². The van der Waals surface area contributed by atoms with Crippen LogP contribution in [0.2, 0.25) is 0 Å². The predicted molar refractivity (Wildman–Crippen MR) is 69.4 cm³/mol. The van der Waals surface area contributed by atoms with E-state index in [9.17, 15) is 0 Å². The topological polar surface area (TPSA) is 47.3 Å². The van der Waals surface area contributed by atoms with Gasteiger partial charge in [-0.25, -0.2) is 0 Å². The van der Waals surface area contributed by atoms with Crippen LogP contribution in [0.5, 0.6) is 0 Å². The van der Waals surface area contributed by atoms with Crippen LogP contribution in [0.15, 0.2) is 10.8 Å². The Kier molecular flexibility index (Phi) is 4.92. The van der Waals surface area contributed by atoms with E-state index in [-0.39, 0.29) is 11.6 Å². The number of hydrogen-bond donors (Lipinski definition) is 2. The first-order chi connectivity index (χ1) is 7.50. The third kappa shape index (κ3) is 3.56. The second-order valence-corrected chi connectivity index (χ2v) is 5.48. The number of nitrogens with two attached hydrogens (primary N) is 1. The Morgan fingerprint density at radius 2 is 2.19 bits per heavy atom. The standard InChI is InChI=1S/C12H22N2OS/c1-9-7-16-8-10(9)11(14-13)5-6-12(2,3)15-4/h7-8,11,14H,5-6,13H2,1-4H3. The monoisotopic (exact) mass is 242 g/mol. The maximum Gasteiger partial charge on any atom is 0.0623 e. The molecule has 1 atom stereocenters. The lowest BCUT2D eigenvalue weighted by atomic mass is 9.95. The molecule has 1 unspecified atom stereocenters. The van der Waals surface area contributed by atoms with Crippen LogP contribution in [0, 0.1) is 6.92 Å². The van der Waals surface area contributed by atoms with Gasteiger partial charge in [0.15, 0.2) is 0 Å². The van der Waals surface area contributed by atoms with E-state index >= 15 is 0 Å². The molecule has 16 heavy (non-hydrogen) atoms. The van der Waals surface area contributed by atoms with Gasteiger partial charge in [0.05, 0.1) is 5.60 Å². The summed E-state index contributed by atoms with van der Waals surface area (Å²) in [5.41, 5.74) is 5.42. The first-order valence-electron chi connectivity index (χ1n) is 5.54. The third-order valence-electron chi connectivity index (χ3n) is 3.06. The highest BCUT2D eigenvalue weighted by Gasteiger charge is 2.20. The van der Waals surface area contributed by atoms with Gasteiger partial charge < -0.3 is 4.74 Å². The summed E-state index contributed by atoms with van der Waals surface area (Å²) >= 11 is 1.72. The predicted octanol–water partition coefficient (Wildman–Crippen LogP) is 2.77. The molecule has 1 aromatic rings. The first-order valence-corrected chi connectivity index (χ1v) is 6.48. The van der Waals surface area contributed by atoms with Crippen molar-refractivity contribution in [2.45, 2.75) is 45.3 Å². The Morgan fingerprint density at radius 3 is 2.62 bits per heavy atom. The molecule has 0 saturated heterocycles. The van der Waals surface area contributed by atoms with E-state index in [1.165, 1.54) is 11.1 Å². The van der Waals surface area contributed by atoms with Crippen molar-refractivity contribution in [2.75, 3.05) is 7.11 Å². The molecule has 1 heterocycles. The molecule has 0 aliphatic heterocycles. The Bertz CT molecular complexity index is 323. The van der Waals surface area contributed by atoms with Crippen molar-refractivity contribution in [3.8, 4) is 0 Å². The number of rotatable bonds is 6. The van der Waals surface area contributed by atoms with Crippen LogP contribution in [-0.4, -0.2) is 12.7 Å². The number of ether oxygens (including phenoxy) is 1. The summed E-state index contributed by atoms with van der Waals surface area (Å²) in [6.07, 6.45) is 1.96. The van der Waals surface area contributed by atoms with Gasteiger partial charge in [0.25, 0.3) is 0 Å². The highest BCUT2D eigenvalue weighted by molar-refractivity contribution is 7.08. The lowest BCUT2D eigenvalue weighted by Crippen LogP contribution is -2.31. The zero-order chi connectivity index (χ0) is 12.2. The lowest BCUT2D eigenvalue weighted by Gasteiger charge is -2.25. The molecular formula is C12H22N2OS. The molecule has 1 aromatic heterocycles.